The Labute approximate surface area is 127 Å². The smallest absolute Gasteiger partial charge is 0.323 e. The van der Waals surface area contributed by atoms with Crippen molar-refractivity contribution < 1.29 is 23.1 Å². The third-order valence-electron chi connectivity index (χ3n) is 2.67. The van der Waals surface area contributed by atoms with E-state index in [1.54, 1.807) is 25.3 Å². The van der Waals surface area contributed by atoms with Crippen LogP contribution in [-0.2, 0) is 19.6 Å². The minimum atomic E-state index is -3.78. The van der Waals surface area contributed by atoms with Crippen LogP contribution in [0.3, 0.4) is 0 Å². The first-order valence-electron chi connectivity index (χ1n) is 6.23. The molecule has 0 fully saturated rings. The molecule has 7 nitrogen and oxygen atoms in total. The first kappa shape index (κ1) is 17.6. The molecular formula is C12H18N2O5S2. The van der Waals surface area contributed by atoms with Gasteiger partial charge in [-0.15, -0.1) is 11.3 Å². The Morgan fingerprint density at radius 1 is 1.38 bits per heavy atom. The molecule has 0 saturated heterocycles. The molecule has 1 heterocycles. The zero-order chi connectivity index (χ0) is 16.2. The quantitative estimate of drug-likeness (QED) is 0.765. The van der Waals surface area contributed by atoms with Crippen molar-refractivity contribution >= 4 is 33.2 Å². The second kappa shape index (κ2) is 7.01. The second-order valence-corrected chi connectivity index (χ2v) is 7.62. The number of hydrogen-bond acceptors (Lipinski definition) is 5. The summed E-state index contributed by atoms with van der Waals surface area (Å²) in [6.07, 6.45) is 0. The summed E-state index contributed by atoms with van der Waals surface area (Å²) >= 11 is 1.04. The Bertz CT molecular complexity index is 595. The Morgan fingerprint density at radius 3 is 2.43 bits per heavy atom. The lowest BCUT2D eigenvalue weighted by Crippen LogP contribution is -2.50. The number of sulfonamides is 1. The molecule has 0 aliphatic carbocycles. The van der Waals surface area contributed by atoms with Gasteiger partial charge in [-0.25, -0.2) is 8.42 Å². The predicted octanol–water partition coefficient (Wildman–Crippen LogP) is 0.736. The standard InChI is InChI=1S/C12H18N2O5S2/c1-8(2)14(7-10(15)16)12(17)9(3)13-21(18,19)11-5-4-6-20-11/h4-6,8-9,13H,7H2,1-3H3,(H,15,16). The van der Waals surface area contributed by atoms with Crippen LogP contribution in [0.5, 0.6) is 0 Å². The molecule has 0 aliphatic heterocycles. The van der Waals surface area contributed by atoms with Gasteiger partial charge < -0.3 is 10.0 Å². The summed E-state index contributed by atoms with van der Waals surface area (Å²) in [5.74, 6) is -1.72. The van der Waals surface area contributed by atoms with Gasteiger partial charge in [-0.05, 0) is 32.2 Å². The zero-order valence-corrected chi connectivity index (χ0v) is 13.6. The van der Waals surface area contributed by atoms with Crippen molar-refractivity contribution in [3.8, 4) is 0 Å². The summed E-state index contributed by atoms with van der Waals surface area (Å²) in [6, 6.07) is 1.64. The first-order chi connectivity index (χ1) is 9.65. The maximum atomic E-state index is 12.2. The van der Waals surface area contributed by atoms with Crippen LogP contribution in [0.25, 0.3) is 0 Å². The Kier molecular flexibility index (Phi) is 5.87. The van der Waals surface area contributed by atoms with E-state index in [2.05, 4.69) is 4.72 Å². The number of rotatable bonds is 7. The highest BCUT2D eigenvalue weighted by atomic mass is 32.2. The number of aliphatic carboxylic acids is 1. The molecule has 1 atom stereocenters. The van der Waals surface area contributed by atoms with E-state index < -0.39 is 34.5 Å². The molecule has 0 spiro atoms. The molecule has 0 aromatic carbocycles. The highest BCUT2D eigenvalue weighted by molar-refractivity contribution is 7.91. The van der Waals surface area contributed by atoms with Crippen LogP contribution >= 0.6 is 11.3 Å². The zero-order valence-electron chi connectivity index (χ0n) is 11.9. The topological polar surface area (TPSA) is 104 Å². The molecule has 0 radical (unpaired) electrons. The summed E-state index contributed by atoms with van der Waals surface area (Å²) in [6.45, 7) is 4.26. The summed E-state index contributed by atoms with van der Waals surface area (Å²) in [5.41, 5.74) is 0. The Hall–Kier alpha value is -1.45. The van der Waals surface area contributed by atoms with E-state index in [0.717, 1.165) is 16.2 Å². The number of amides is 1. The first-order valence-corrected chi connectivity index (χ1v) is 8.59. The summed E-state index contributed by atoms with van der Waals surface area (Å²) in [5, 5.41) is 10.4. The summed E-state index contributed by atoms with van der Waals surface area (Å²) in [7, 11) is -3.78. The van der Waals surface area contributed by atoms with Gasteiger partial charge in [-0.2, -0.15) is 4.72 Å². The van der Waals surface area contributed by atoms with Crippen LogP contribution in [-0.4, -0.2) is 48.9 Å². The molecule has 0 aliphatic rings. The fourth-order valence-corrected chi connectivity index (χ4v) is 3.87. The van der Waals surface area contributed by atoms with Crippen LogP contribution in [0.15, 0.2) is 21.7 Å². The van der Waals surface area contributed by atoms with E-state index >= 15 is 0 Å². The number of carboxylic acid groups (broad SMARTS) is 1. The SMILES string of the molecule is CC(NS(=O)(=O)c1cccs1)C(=O)N(CC(=O)O)C(C)C. The normalized spacial score (nSPS) is 13.1. The lowest BCUT2D eigenvalue weighted by molar-refractivity contribution is -0.146. The van der Waals surface area contributed by atoms with Gasteiger partial charge in [-0.1, -0.05) is 6.07 Å². The van der Waals surface area contributed by atoms with E-state index in [1.807, 2.05) is 0 Å². The molecule has 0 bridgehead atoms. The van der Waals surface area contributed by atoms with Gasteiger partial charge >= 0.3 is 5.97 Å². The molecule has 1 amide bonds. The number of carbonyl (C=O) groups is 2. The van der Waals surface area contributed by atoms with Gasteiger partial charge in [-0.3, -0.25) is 9.59 Å². The van der Waals surface area contributed by atoms with Crippen LogP contribution in [0.4, 0.5) is 0 Å². The van der Waals surface area contributed by atoms with E-state index in [-0.39, 0.29) is 10.3 Å². The van der Waals surface area contributed by atoms with Crippen LogP contribution in [0, 0.1) is 0 Å². The largest absolute Gasteiger partial charge is 0.480 e. The number of hydrogen-bond donors (Lipinski definition) is 2. The lowest BCUT2D eigenvalue weighted by Gasteiger charge is -2.28. The predicted molar refractivity (Wildman–Crippen MR) is 78.6 cm³/mol. The summed E-state index contributed by atoms with van der Waals surface area (Å²) < 4.78 is 26.4. The molecule has 21 heavy (non-hydrogen) atoms. The molecule has 0 saturated carbocycles. The van der Waals surface area contributed by atoms with Crippen molar-refractivity contribution in [3.63, 3.8) is 0 Å². The molecule has 118 valence electrons. The van der Waals surface area contributed by atoms with E-state index in [4.69, 9.17) is 5.11 Å². The average molecular weight is 334 g/mol. The van der Waals surface area contributed by atoms with Crippen LogP contribution in [0.2, 0.25) is 0 Å². The van der Waals surface area contributed by atoms with Gasteiger partial charge in [0.15, 0.2) is 0 Å². The van der Waals surface area contributed by atoms with Crippen molar-refractivity contribution in [2.24, 2.45) is 0 Å². The maximum absolute atomic E-state index is 12.2. The second-order valence-electron chi connectivity index (χ2n) is 4.73. The Balaban J connectivity index is 2.84. The molecule has 1 aromatic heterocycles. The van der Waals surface area contributed by atoms with Gasteiger partial charge in [0.2, 0.25) is 5.91 Å². The van der Waals surface area contributed by atoms with Gasteiger partial charge in [0, 0.05) is 6.04 Å². The average Bonchev–Trinajstić information content (AvgIpc) is 2.88. The molecule has 2 N–H and O–H groups in total. The minimum absolute atomic E-state index is 0.108. The van der Waals surface area contributed by atoms with Gasteiger partial charge in [0.25, 0.3) is 10.0 Å². The highest BCUT2D eigenvalue weighted by Gasteiger charge is 2.28. The maximum Gasteiger partial charge on any atom is 0.323 e. The van der Waals surface area contributed by atoms with Crippen molar-refractivity contribution in [2.75, 3.05) is 6.54 Å². The molecule has 1 aromatic rings. The number of carboxylic acids is 1. The third-order valence-corrected chi connectivity index (χ3v) is 5.61. The number of nitrogens with zero attached hydrogens (tertiary/aromatic N) is 1. The van der Waals surface area contributed by atoms with Crippen molar-refractivity contribution in [1.29, 1.82) is 0 Å². The highest BCUT2D eigenvalue weighted by Crippen LogP contribution is 2.16. The van der Waals surface area contributed by atoms with E-state index in [9.17, 15) is 18.0 Å². The fourth-order valence-electron chi connectivity index (χ4n) is 1.67. The van der Waals surface area contributed by atoms with Gasteiger partial charge in [0.05, 0.1) is 6.04 Å². The third kappa shape index (κ3) is 4.80. The van der Waals surface area contributed by atoms with Crippen molar-refractivity contribution in [3.05, 3.63) is 17.5 Å². The molecular weight excluding hydrogens is 316 g/mol. The minimum Gasteiger partial charge on any atom is -0.480 e. The summed E-state index contributed by atoms with van der Waals surface area (Å²) in [4.78, 5) is 24.1. The monoisotopic (exact) mass is 334 g/mol. The van der Waals surface area contributed by atoms with Crippen molar-refractivity contribution in [1.82, 2.24) is 9.62 Å². The lowest BCUT2D eigenvalue weighted by atomic mass is 10.2. The number of nitrogens with one attached hydrogen (secondary N) is 1. The Morgan fingerprint density at radius 2 is 2.00 bits per heavy atom. The van der Waals surface area contributed by atoms with Crippen molar-refractivity contribution in [2.45, 2.75) is 37.1 Å². The van der Waals surface area contributed by atoms with Gasteiger partial charge in [0.1, 0.15) is 10.8 Å². The van der Waals surface area contributed by atoms with E-state index in [1.165, 1.54) is 13.0 Å². The number of thiophene rings is 1. The fraction of sp³-hybridized carbons (Fsp3) is 0.500. The van der Waals surface area contributed by atoms with Crippen LogP contribution in [0.1, 0.15) is 20.8 Å². The van der Waals surface area contributed by atoms with Crippen LogP contribution < -0.4 is 4.72 Å². The number of carbonyl (C=O) groups excluding carboxylic acids is 1. The molecule has 1 rings (SSSR count). The molecule has 1 unspecified atom stereocenters. The molecule has 9 heteroatoms. The van der Waals surface area contributed by atoms with E-state index in [0.29, 0.717) is 0 Å².